The van der Waals surface area contributed by atoms with Crippen molar-refractivity contribution in [3.63, 3.8) is 0 Å². The second-order valence-corrected chi connectivity index (χ2v) is 9.09. The third-order valence-corrected chi connectivity index (χ3v) is 6.93. The van der Waals surface area contributed by atoms with E-state index in [2.05, 4.69) is 15.9 Å². The predicted molar refractivity (Wildman–Crippen MR) is 70.6 cm³/mol. The Bertz CT molecular complexity index is 499. The van der Waals surface area contributed by atoms with E-state index < -0.39 is 15.6 Å². The molecule has 0 radical (unpaired) electrons. The van der Waals surface area contributed by atoms with E-state index in [4.69, 9.17) is 0 Å². The van der Waals surface area contributed by atoms with Gasteiger partial charge in [0.25, 0.3) is 10.0 Å². The van der Waals surface area contributed by atoms with E-state index in [0.29, 0.717) is 30.1 Å². The van der Waals surface area contributed by atoms with Crippen LogP contribution in [0.1, 0.15) is 19.8 Å². The van der Waals surface area contributed by atoms with Gasteiger partial charge in [-0.15, -0.1) is 11.3 Å². The number of thiophene rings is 1. The second-order valence-electron chi connectivity index (χ2n) is 4.46. The molecular weight excluding hydrogens is 326 g/mol. The summed E-state index contributed by atoms with van der Waals surface area (Å²) in [6.07, 6.45) is 0.970. The van der Waals surface area contributed by atoms with Crippen molar-refractivity contribution in [3.8, 4) is 0 Å². The molecule has 2 rings (SSSR count). The summed E-state index contributed by atoms with van der Waals surface area (Å²) in [6, 6.07) is 3.34. The molecule has 1 fully saturated rings. The van der Waals surface area contributed by atoms with Gasteiger partial charge in [-0.05, 0) is 47.8 Å². The molecule has 1 N–H and O–H groups in total. The molecule has 0 spiro atoms. The summed E-state index contributed by atoms with van der Waals surface area (Å²) in [5.41, 5.74) is -0.734. The molecule has 1 saturated heterocycles. The summed E-state index contributed by atoms with van der Waals surface area (Å²) < 4.78 is 27.1. The van der Waals surface area contributed by atoms with Crippen LogP contribution in [0.25, 0.3) is 0 Å². The van der Waals surface area contributed by atoms with E-state index in [0.717, 1.165) is 3.79 Å². The van der Waals surface area contributed by atoms with E-state index >= 15 is 0 Å². The Morgan fingerprint density at radius 3 is 2.47 bits per heavy atom. The van der Waals surface area contributed by atoms with Gasteiger partial charge >= 0.3 is 0 Å². The van der Waals surface area contributed by atoms with Crippen LogP contribution >= 0.6 is 27.3 Å². The van der Waals surface area contributed by atoms with Crippen molar-refractivity contribution in [2.75, 3.05) is 13.1 Å². The lowest BCUT2D eigenvalue weighted by Crippen LogP contribution is -2.44. The summed E-state index contributed by atoms with van der Waals surface area (Å²) in [5.74, 6) is 0. The van der Waals surface area contributed by atoms with Gasteiger partial charge in [-0.2, -0.15) is 4.31 Å². The van der Waals surface area contributed by atoms with Gasteiger partial charge in [0.1, 0.15) is 4.21 Å². The Morgan fingerprint density at radius 2 is 2.00 bits per heavy atom. The fourth-order valence-electron chi connectivity index (χ4n) is 1.77. The zero-order valence-corrected chi connectivity index (χ0v) is 12.6. The first-order chi connectivity index (χ1) is 7.81. The number of sulfonamides is 1. The monoisotopic (exact) mass is 339 g/mol. The summed E-state index contributed by atoms with van der Waals surface area (Å²) >= 11 is 4.48. The summed E-state index contributed by atoms with van der Waals surface area (Å²) in [5, 5.41) is 9.81. The number of aliphatic hydroxyl groups is 1. The third-order valence-electron chi connectivity index (χ3n) is 2.94. The molecule has 4 nitrogen and oxygen atoms in total. The predicted octanol–water partition coefficient (Wildman–Crippen LogP) is 2.05. The average Bonchev–Trinajstić information content (AvgIpc) is 2.65. The van der Waals surface area contributed by atoms with Gasteiger partial charge in [0.15, 0.2) is 0 Å². The van der Waals surface area contributed by atoms with Crippen LogP contribution in [0, 0.1) is 0 Å². The molecule has 96 valence electrons. The topological polar surface area (TPSA) is 57.6 Å². The highest BCUT2D eigenvalue weighted by Gasteiger charge is 2.34. The fourth-order valence-corrected chi connectivity index (χ4v) is 5.38. The van der Waals surface area contributed by atoms with Gasteiger partial charge in [-0.3, -0.25) is 0 Å². The van der Waals surface area contributed by atoms with Crippen LogP contribution in [-0.2, 0) is 10.0 Å². The number of hydrogen-bond acceptors (Lipinski definition) is 4. The van der Waals surface area contributed by atoms with E-state index in [1.165, 1.54) is 15.6 Å². The van der Waals surface area contributed by atoms with Gasteiger partial charge in [0.05, 0.1) is 9.39 Å². The van der Waals surface area contributed by atoms with Gasteiger partial charge in [-0.25, -0.2) is 8.42 Å². The lowest BCUT2D eigenvalue weighted by atomic mass is 9.95. The van der Waals surface area contributed by atoms with E-state index in [-0.39, 0.29) is 0 Å². The lowest BCUT2D eigenvalue weighted by Gasteiger charge is -2.34. The fraction of sp³-hybridized carbons (Fsp3) is 0.600. The number of piperidine rings is 1. The zero-order chi connectivity index (χ0) is 12.7. The van der Waals surface area contributed by atoms with Crippen molar-refractivity contribution < 1.29 is 13.5 Å². The highest BCUT2D eigenvalue weighted by Crippen LogP contribution is 2.31. The van der Waals surface area contributed by atoms with Gasteiger partial charge in [0.2, 0.25) is 0 Å². The SMILES string of the molecule is CC1(O)CCN(S(=O)(=O)c2ccc(Br)s2)CC1. The lowest BCUT2D eigenvalue weighted by molar-refractivity contribution is 0.0126. The highest BCUT2D eigenvalue weighted by atomic mass is 79.9. The summed E-state index contributed by atoms with van der Waals surface area (Å²) in [4.78, 5) is 0. The average molecular weight is 340 g/mol. The number of hydrogen-bond donors (Lipinski definition) is 1. The van der Waals surface area contributed by atoms with Crippen molar-refractivity contribution in [3.05, 3.63) is 15.9 Å². The van der Waals surface area contributed by atoms with E-state index in [1.54, 1.807) is 19.1 Å². The summed E-state index contributed by atoms with van der Waals surface area (Å²) in [7, 11) is -3.38. The molecule has 0 aromatic carbocycles. The first-order valence-corrected chi connectivity index (χ1v) is 8.34. The van der Waals surface area contributed by atoms with Crippen molar-refractivity contribution in [2.24, 2.45) is 0 Å². The van der Waals surface area contributed by atoms with E-state index in [9.17, 15) is 13.5 Å². The maximum absolute atomic E-state index is 12.2. The van der Waals surface area contributed by atoms with E-state index in [1.807, 2.05) is 0 Å². The van der Waals surface area contributed by atoms with Gasteiger partial charge in [-0.1, -0.05) is 0 Å². The minimum absolute atomic E-state index is 0.353. The van der Waals surface area contributed by atoms with Gasteiger partial charge < -0.3 is 5.11 Å². The molecule has 0 saturated carbocycles. The van der Waals surface area contributed by atoms with Crippen LogP contribution in [0.5, 0.6) is 0 Å². The van der Waals surface area contributed by atoms with Crippen molar-refractivity contribution in [2.45, 2.75) is 29.6 Å². The normalized spacial score (nSPS) is 21.6. The molecular formula is C10H14BrNO3S2. The minimum Gasteiger partial charge on any atom is -0.390 e. The summed E-state index contributed by atoms with van der Waals surface area (Å²) in [6.45, 7) is 2.51. The van der Waals surface area contributed by atoms with Gasteiger partial charge in [0, 0.05) is 13.1 Å². The maximum atomic E-state index is 12.2. The van der Waals surface area contributed by atoms with Crippen LogP contribution in [0.15, 0.2) is 20.1 Å². The number of rotatable bonds is 2. The minimum atomic E-state index is -3.38. The van der Waals surface area contributed by atoms with Crippen LogP contribution in [0.3, 0.4) is 0 Å². The van der Waals surface area contributed by atoms with Crippen molar-refractivity contribution in [1.29, 1.82) is 0 Å². The number of halogens is 1. The highest BCUT2D eigenvalue weighted by molar-refractivity contribution is 9.11. The molecule has 1 aliphatic heterocycles. The number of nitrogens with zero attached hydrogens (tertiary/aromatic N) is 1. The Morgan fingerprint density at radius 1 is 1.41 bits per heavy atom. The Balaban J connectivity index is 2.18. The molecule has 2 heterocycles. The molecule has 1 aliphatic rings. The quantitative estimate of drug-likeness (QED) is 0.896. The van der Waals surface area contributed by atoms with Crippen LogP contribution in [0.2, 0.25) is 0 Å². The molecule has 0 bridgehead atoms. The molecule has 0 unspecified atom stereocenters. The Hall–Kier alpha value is 0.0500. The third kappa shape index (κ3) is 2.90. The molecule has 1 aromatic heterocycles. The second kappa shape index (κ2) is 4.62. The van der Waals surface area contributed by atoms with Crippen molar-refractivity contribution in [1.82, 2.24) is 4.31 Å². The Kier molecular flexibility index (Phi) is 3.66. The first-order valence-electron chi connectivity index (χ1n) is 5.29. The van der Waals surface area contributed by atoms with Crippen molar-refractivity contribution >= 4 is 37.3 Å². The van der Waals surface area contributed by atoms with Crippen LogP contribution in [-0.4, -0.2) is 36.5 Å². The molecule has 17 heavy (non-hydrogen) atoms. The largest absolute Gasteiger partial charge is 0.390 e. The standard InChI is InChI=1S/C10H14BrNO3S2/c1-10(13)4-6-12(7-5-10)17(14,15)9-3-2-8(11)16-9/h2-3,13H,4-7H2,1H3. The molecule has 0 aliphatic carbocycles. The zero-order valence-electron chi connectivity index (χ0n) is 9.39. The maximum Gasteiger partial charge on any atom is 0.252 e. The first kappa shape index (κ1) is 13.5. The Labute approximate surface area is 113 Å². The smallest absolute Gasteiger partial charge is 0.252 e. The van der Waals surface area contributed by atoms with Crippen LogP contribution < -0.4 is 0 Å². The molecule has 0 atom stereocenters. The molecule has 1 aromatic rings. The van der Waals surface area contributed by atoms with Crippen LogP contribution in [0.4, 0.5) is 0 Å². The molecule has 7 heteroatoms. The molecule has 0 amide bonds.